The zero-order valence-corrected chi connectivity index (χ0v) is 10.3. The Morgan fingerprint density at radius 1 is 1.31 bits per heavy atom. The number of hydrogen-bond acceptors (Lipinski definition) is 3. The summed E-state index contributed by atoms with van der Waals surface area (Å²) < 4.78 is 2.21. The van der Waals surface area contributed by atoms with E-state index in [-0.39, 0.29) is 6.04 Å². The Kier molecular flexibility index (Phi) is 3.59. The van der Waals surface area contributed by atoms with Gasteiger partial charge in [-0.25, -0.2) is 0 Å². The lowest BCUT2D eigenvalue weighted by atomic mass is 9.94. The zero-order valence-electron chi connectivity index (χ0n) is 10.3. The van der Waals surface area contributed by atoms with E-state index in [1.54, 1.807) is 0 Å². The highest BCUT2D eigenvalue weighted by Gasteiger charge is 2.23. The molecule has 0 saturated heterocycles. The molecule has 1 heterocycles. The maximum atomic E-state index is 6.17. The van der Waals surface area contributed by atoms with Crippen molar-refractivity contribution >= 4 is 0 Å². The predicted molar refractivity (Wildman–Crippen MR) is 63.9 cm³/mol. The molecule has 0 radical (unpaired) electrons. The van der Waals surface area contributed by atoms with Crippen molar-refractivity contribution in [3.63, 3.8) is 0 Å². The first-order valence-electron chi connectivity index (χ1n) is 6.35. The van der Waals surface area contributed by atoms with Crippen LogP contribution in [0.1, 0.15) is 63.9 Å². The van der Waals surface area contributed by atoms with E-state index in [1.165, 1.54) is 32.1 Å². The molecular formula is C12H22N4. The number of nitrogens with zero attached hydrogens (tertiary/aromatic N) is 3. The summed E-state index contributed by atoms with van der Waals surface area (Å²) in [5.41, 5.74) is 6.17. The van der Waals surface area contributed by atoms with Crippen molar-refractivity contribution in [2.45, 2.75) is 58.0 Å². The van der Waals surface area contributed by atoms with Crippen LogP contribution >= 0.6 is 0 Å². The summed E-state index contributed by atoms with van der Waals surface area (Å²) >= 11 is 0. The first-order chi connectivity index (χ1) is 7.70. The molecule has 0 aromatic carbocycles. The molecule has 1 fully saturated rings. The van der Waals surface area contributed by atoms with Crippen molar-refractivity contribution in [1.29, 1.82) is 0 Å². The van der Waals surface area contributed by atoms with Gasteiger partial charge in [-0.15, -0.1) is 10.2 Å². The topological polar surface area (TPSA) is 56.7 Å². The van der Waals surface area contributed by atoms with Crippen LogP contribution in [0.2, 0.25) is 0 Å². The average Bonchev–Trinajstić information content (AvgIpc) is 2.77. The SMILES string of the molecule is CC(C)C(N)c1nncn1C1CCCCC1. The molecule has 0 bridgehead atoms. The largest absolute Gasteiger partial charge is 0.321 e. The Hall–Kier alpha value is -0.900. The van der Waals surface area contributed by atoms with Crippen LogP contribution in [0.15, 0.2) is 6.33 Å². The van der Waals surface area contributed by atoms with Crippen molar-refractivity contribution in [1.82, 2.24) is 14.8 Å². The number of aromatic nitrogens is 3. The third kappa shape index (κ3) is 2.26. The van der Waals surface area contributed by atoms with Gasteiger partial charge in [0.15, 0.2) is 0 Å². The second-order valence-electron chi connectivity index (χ2n) is 5.16. The van der Waals surface area contributed by atoms with Crippen LogP contribution in [-0.2, 0) is 0 Å². The molecule has 16 heavy (non-hydrogen) atoms. The van der Waals surface area contributed by atoms with Crippen LogP contribution in [-0.4, -0.2) is 14.8 Å². The second-order valence-corrected chi connectivity index (χ2v) is 5.16. The Labute approximate surface area is 97.2 Å². The van der Waals surface area contributed by atoms with E-state index in [4.69, 9.17) is 5.73 Å². The molecule has 1 saturated carbocycles. The van der Waals surface area contributed by atoms with Gasteiger partial charge in [-0.1, -0.05) is 33.1 Å². The lowest BCUT2D eigenvalue weighted by Crippen LogP contribution is -2.24. The Balaban J connectivity index is 2.17. The van der Waals surface area contributed by atoms with Crippen molar-refractivity contribution in [3.8, 4) is 0 Å². The minimum absolute atomic E-state index is 0.00410. The van der Waals surface area contributed by atoms with Crippen molar-refractivity contribution < 1.29 is 0 Å². The summed E-state index contributed by atoms with van der Waals surface area (Å²) in [6.07, 6.45) is 8.35. The van der Waals surface area contributed by atoms with Crippen LogP contribution in [0.3, 0.4) is 0 Å². The highest BCUT2D eigenvalue weighted by atomic mass is 15.3. The van der Waals surface area contributed by atoms with Crippen molar-refractivity contribution in [3.05, 3.63) is 12.2 Å². The molecule has 4 nitrogen and oxygen atoms in total. The average molecular weight is 222 g/mol. The molecular weight excluding hydrogens is 200 g/mol. The monoisotopic (exact) mass is 222 g/mol. The zero-order chi connectivity index (χ0) is 11.5. The summed E-state index contributed by atoms with van der Waals surface area (Å²) in [7, 11) is 0. The van der Waals surface area contributed by atoms with Gasteiger partial charge in [0.25, 0.3) is 0 Å². The van der Waals surface area contributed by atoms with E-state index in [2.05, 4.69) is 28.6 Å². The normalized spacial score (nSPS) is 20.2. The third-order valence-corrected chi connectivity index (χ3v) is 3.59. The van der Waals surface area contributed by atoms with Gasteiger partial charge in [0.05, 0.1) is 6.04 Å². The lowest BCUT2D eigenvalue weighted by molar-refractivity contribution is 0.332. The van der Waals surface area contributed by atoms with Gasteiger partial charge in [-0.05, 0) is 18.8 Å². The molecule has 0 aliphatic heterocycles. The summed E-state index contributed by atoms with van der Waals surface area (Å²) in [5, 5.41) is 8.23. The minimum Gasteiger partial charge on any atom is -0.321 e. The van der Waals surface area contributed by atoms with Crippen molar-refractivity contribution in [2.24, 2.45) is 11.7 Å². The maximum Gasteiger partial charge on any atom is 0.150 e. The van der Waals surface area contributed by atoms with Crippen LogP contribution in [0.5, 0.6) is 0 Å². The standard InChI is InChI=1S/C12H22N4/c1-9(2)11(13)12-15-14-8-16(12)10-6-4-3-5-7-10/h8-11H,3-7,13H2,1-2H3. The minimum atomic E-state index is 0.00410. The van der Waals surface area contributed by atoms with E-state index in [0.717, 1.165) is 5.82 Å². The van der Waals surface area contributed by atoms with Crippen LogP contribution in [0.4, 0.5) is 0 Å². The van der Waals surface area contributed by atoms with Crippen LogP contribution in [0.25, 0.3) is 0 Å². The maximum absolute atomic E-state index is 6.17. The fraction of sp³-hybridized carbons (Fsp3) is 0.833. The third-order valence-electron chi connectivity index (χ3n) is 3.59. The van der Waals surface area contributed by atoms with Gasteiger partial charge < -0.3 is 10.3 Å². The predicted octanol–water partition coefficient (Wildman–Crippen LogP) is 2.44. The summed E-state index contributed by atoms with van der Waals surface area (Å²) in [4.78, 5) is 0. The van der Waals surface area contributed by atoms with E-state index in [1.807, 2.05) is 6.33 Å². The summed E-state index contributed by atoms with van der Waals surface area (Å²) in [5.74, 6) is 1.37. The lowest BCUT2D eigenvalue weighted by Gasteiger charge is -2.26. The van der Waals surface area contributed by atoms with Crippen LogP contribution < -0.4 is 5.73 Å². The van der Waals surface area contributed by atoms with E-state index in [0.29, 0.717) is 12.0 Å². The molecule has 1 atom stereocenters. The quantitative estimate of drug-likeness (QED) is 0.854. The van der Waals surface area contributed by atoms with Crippen LogP contribution in [0, 0.1) is 5.92 Å². The molecule has 90 valence electrons. The Morgan fingerprint density at radius 2 is 2.00 bits per heavy atom. The first kappa shape index (κ1) is 11.6. The van der Waals surface area contributed by atoms with E-state index >= 15 is 0 Å². The Bertz CT molecular complexity index is 326. The molecule has 1 unspecified atom stereocenters. The molecule has 1 aliphatic carbocycles. The highest BCUT2D eigenvalue weighted by molar-refractivity contribution is 4.98. The van der Waals surface area contributed by atoms with Gasteiger partial charge in [0, 0.05) is 6.04 Å². The molecule has 2 rings (SSSR count). The number of rotatable bonds is 3. The summed E-state index contributed by atoms with van der Waals surface area (Å²) in [6.45, 7) is 4.26. The molecule has 4 heteroatoms. The fourth-order valence-corrected chi connectivity index (χ4v) is 2.43. The van der Waals surface area contributed by atoms with E-state index < -0.39 is 0 Å². The summed E-state index contributed by atoms with van der Waals surface area (Å²) in [6, 6.07) is 0.577. The Morgan fingerprint density at radius 3 is 2.62 bits per heavy atom. The van der Waals surface area contributed by atoms with Gasteiger partial charge >= 0.3 is 0 Å². The van der Waals surface area contributed by atoms with Gasteiger partial charge in [-0.2, -0.15) is 0 Å². The molecule has 1 aromatic heterocycles. The van der Waals surface area contributed by atoms with Gasteiger partial charge in [-0.3, -0.25) is 0 Å². The fourth-order valence-electron chi connectivity index (χ4n) is 2.43. The smallest absolute Gasteiger partial charge is 0.150 e. The first-order valence-corrected chi connectivity index (χ1v) is 6.35. The second kappa shape index (κ2) is 4.95. The van der Waals surface area contributed by atoms with Crippen molar-refractivity contribution in [2.75, 3.05) is 0 Å². The molecule has 1 aliphatic rings. The van der Waals surface area contributed by atoms with Gasteiger partial charge in [0.1, 0.15) is 12.2 Å². The number of nitrogens with two attached hydrogens (primary N) is 1. The van der Waals surface area contributed by atoms with Gasteiger partial charge in [0.2, 0.25) is 0 Å². The molecule has 2 N–H and O–H groups in total. The molecule has 0 amide bonds. The molecule has 1 aromatic rings. The molecule has 0 spiro atoms. The highest BCUT2D eigenvalue weighted by Crippen LogP contribution is 2.30. The van der Waals surface area contributed by atoms with E-state index in [9.17, 15) is 0 Å². The number of hydrogen-bond donors (Lipinski definition) is 1.